The number of anilines is 2. The second-order valence-corrected chi connectivity index (χ2v) is 25.7. The highest BCUT2D eigenvalue weighted by molar-refractivity contribution is 5.94. The molecule has 430 valence electrons. The van der Waals surface area contributed by atoms with Gasteiger partial charge in [-0.25, -0.2) is 0 Å². The molecule has 2 N–H and O–H groups in total. The van der Waals surface area contributed by atoms with E-state index in [1.54, 1.807) is 0 Å². The average molecular weight is 1110 g/mol. The second kappa shape index (κ2) is 25.9. The first-order chi connectivity index (χ1) is 39.5. The van der Waals surface area contributed by atoms with Gasteiger partial charge >= 0.3 is 11.9 Å². The second-order valence-electron chi connectivity index (χ2n) is 25.7. The molecule has 0 saturated heterocycles. The number of hydrogen-bond donors (Lipinski definition) is 2. The fourth-order valence-electron chi connectivity index (χ4n) is 13.3. The minimum Gasteiger partial charge on any atom is -0.462 e. The molecule has 10 rings (SSSR count). The van der Waals surface area contributed by atoms with E-state index in [1.807, 2.05) is 97.1 Å². The minimum absolute atomic E-state index is 0.0413. The zero-order chi connectivity index (χ0) is 57.4. The van der Waals surface area contributed by atoms with Crippen molar-refractivity contribution in [1.29, 1.82) is 0 Å². The molecule has 6 aromatic rings. The summed E-state index contributed by atoms with van der Waals surface area (Å²) in [5, 5.41) is 6.67. The van der Waals surface area contributed by atoms with Crippen LogP contribution >= 0.6 is 0 Å². The van der Waals surface area contributed by atoms with Gasteiger partial charge in [-0.05, 0) is 133 Å². The Morgan fingerprint density at radius 3 is 1.12 bits per heavy atom. The molecule has 0 radical (unpaired) electrons. The molecule has 0 bridgehead atoms. The first-order valence-corrected chi connectivity index (χ1v) is 30.5. The average Bonchev–Trinajstić information content (AvgIpc) is 3.50. The number of aryl methyl sites for hydroxylation is 2. The first kappa shape index (κ1) is 58.0. The van der Waals surface area contributed by atoms with Crippen LogP contribution in [-0.4, -0.2) is 36.0 Å². The van der Waals surface area contributed by atoms with E-state index in [-0.39, 0.29) is 96.1 Å². The lowest BCUT2D eigenvalue weighted by Crippen LogP contribution is -2.31. The van der Waals surface area contributed by atoms with Crippen molar-refractivity contribution in [2.75, 3.05) is 10.6 Å². The molecule has 4 aliphatic rings. The van der Waals surface area contributed by atoms with E-state index in [1.165, 1.54) is 12.8 Å². The number of hydrogen-bond acceptors (Lipinski definition) is 8. The van der Waals surface area contributed by atoms with Crippen molar-refractivity contribution in [3.8, 4) is 23.0 Å². The van der Waals surface area contributed by atoms with Gasteiger partial charge in [0.2, 0.25) is 11.8 Å². The van der Waals surface area contributed by atoms with Crippen LogP contribution in [0.15, 0.2) is 133 Å². The Bertz CT molecular complexity index is 2920. The summed E-state index contributed by atoms with van der Waals surface area (Å²) in [5.74, 6) is 2.42. The summed E-state index contributed by atoms with van der Waals surface area (Å²) in [6.45, 7) is 13.0. The van der Waals surface area contributed by atoms with Crippen LogP contribution in [-0.2, 0) is 52.3 Å². The predicted octanol–water partition coefficient (Wildman–Crippen LogP) is 17.1. The molecular weight excluding hydrogens is 1020 g/mol. The third-order valence-corrected chi connectivity index (χ3v) is 17.6. The van der Waals surface area contributed by atoms with E-state index >= 15 is 0 Å². The van der Waals surface area contributed by atoms with Gasteiger partial charge in [-0.3, -0.25) is 19.2 Å². The van der Waals surface area contributed by atoms with Gasteiger partial charge < -0.3 is 29.6 Å². The molecule has 2 aliphatic carbocycles. The van der Waals surface area contributed by atoms with Crippen molar-refractivity contribution in [2.24, 2.45) is 11.8 Å². The number of nitrogens with one attached hydrogen (secondary N) is 2. The van der Waals surface area contributed by atoms with Gasteiger partial charge in [0, 0.05) is 58.3 Å². The van der Waals surface area contributed by atoms with Crippen molar-refractivity contribution >= 4 is 35.1 Å². The number of carbonyl (C=O) groups is 4. The Labute approximate surface area is 486 Å². The number of esters is 2. The fourth-order valence-corrected chi connectivity index (χ4v) is 13.3. The summed E-state index contributed by atoms with van der Waals surface area (Å²) in [6, 6.07) is 44.6. The standard InChI is InChI=1S/C72H84N2O8/c1-71(2,3)57-37-33-47(43-59(57)73-67(75)45-55-51-25-13-17-29-63(51)79-64-30-18-14-26-52(55)64)35-39-61(49-21-9-7-10-22-49)81-69(77)41-42-70(78)82-62(50-23-11-8-12-24-50)40-36-48-34-38-58(72(4,5)6)60(44-48)74-68(76)46-56-53-27-15-19-31-65(53)80-66-32-20-16-28-54(56)66/h13-20,25-34,37-38,43-44,49-50,55-56,61-62H,7-12,21-24,35-36,39-42,45-46H2,1-6H3,(H,73,75)(H,74,76). The quantitative estimate of drug-likeness (QED) is 0.0767. The van der Waals surface area contributed by atoms with Gasteiger partial charge in [-0.1, -0.05) is 177 Å². The van der Waals surface area contributed by atoms with Crippen LogP contribution < -0.4 is 20.1 Å². The summed E-state index contributed by atoms with van der Waals surface area (Å²) in [6.07, 6.45) is 13.2. The number of fused-ring (bicyclic) bond motifs is 4. The monoisotopic (exact) mass is 1100 g/mol. The molecule has 2 heterocycles. The van der Waals surface area contributed by atoms with Crippen molar-refractivity contribution in [2.45, 2.75) is 192 Å². The molecule has 10 nitrogen and oxygen atoms in total. The molecule has 2 aliphatic heterocycles. The topological polar surface area (TPSA) is 129 Å². The van der Waals surface area contributed by atoms with E-state index in [0.29, 0.717) is 25.7 Å². The van der Waals surface area contributed by atoms with Crippen LogP contribution in [0.2, 0.25) is 0 Å². The van der Waals surface area contributed by atoms with Gasteiger partial charge in [-0.2, -0.15) is 0 Å². The van der Waals surface area contributed by atoms with Crippen molar-refractivity contribution in [1.82, 2.24) is 0 Å². The lowest BCUT2D eigenvalue weighted by molar-refractivity contribution is -0.160. The third-order valence-electron chi connectivity index (χ3n) is 17.6. The van der Waals surface area contributed by atoms with Gasteiger partial charge in [0.05, 0.1) is 12.8 Å². The fraction of sp³-hybridized carbons (Fsp3) is 0.444. The van der Waals surface area contributed by atoms with Crippen LogP contribution in [0.25, 0.3) is 0 Å². The summed E-state index contributed by atoms with van der Waals surface area (Å²) < 4.78 is 25.2. The number of rotatable bonds is 19. The molecule has 82 heavy (non-hydrogen) atoms. The lowest BCUT2D eigenvalue weighted by atomic mass is 9.82. The van der Waals surface area contributed by atoms with E-state index in [9.17, 15) is 19.2 Å². The van der Waals surface area contributed by atoms with E-state index in [2.05, 4.69) is 88.6 Å². The van der Waals surface area contributed by atoms with E-state index in [4.69, 9.17) is 18.9 Å². The van der Waals surface area contributed by atoms with Crippen LogP contribution in [0.5, 0.6) is 23.0 Å². The molecular formula is C72H84N2O8. The summed E-state index contributed by atoms with van der Waals surface area (Å²) >= 11 is 0. The van der Waals surface area contributed by atoms with E-state index in [0.717, 1.165) is 130 Å². The molecule has 2 fully saturated rings. The molecule has 0 aromatic heterocycles. The highest BCUT2D eigenvalue weighted by Crippen LogP contribution is 2.48. The van der Waals surface area contributed by atoms with E-state index < -0.39 is 0 Å². The van der Waals surface area contributed by atoms with Crippen molar-refractivity contribution in [3.05, 3.63) is 178 Å². The van der Waals surface area contributed by atoms with Crippen LogP contribution in [0.1, 0.15) is 201 Å². The molecule has 2 unspecified atom stereocenters. The zero-order valence-electron chi connectivity index (χ0n) is 49.2. The van der Waals surface area contributed by atoms with Gasteiger partial charge in [0.1, 0.15) is 35.2 Å². The Morgan fingerprint density at radius 2 is 0.793 bits per heavy atom. The number of carbonyl (C=O) groups excluding carboxylic acids is 4. The van der Waals surface area contributed by atoms with Crippen molar-refractivity contribution < 1.29 is 38.1 Å². The van der Waals surface area contributed by atoms with Crippen LogP contribution in [0.4, 0.5) is 11.4 Å². The number of para-hydroxylation sites is 4. The molecule has 10 heteroatoms. The minimum atomic E-state index is -0.368. The summed E-state index contributed by atoms with van der Waals surface area (Å²) in [5.41, 5.74) is 9.37. The summed E-state index contributed by atoms with van der Waals surface area (Å²) in [7, 11) is 0. The number of ether oxygens (including phenoxy) is 4. The lowest BCUT2D eigenvalue weighted by Gasteiger charge is -2.31. The van der Waals surface area contributed by atoms with Crippen LogP contribution in [0.3, 0.4) is 0 Å². The first-order valence-electron chi connectivity index (χ1n) is 30.5. The van der Waals surface area contributed by atoms with Crippen molar-refractivity contribution in [3.63, 3.8) is 0 Å². The molecule has 2 saturated carbocycles. The SMILES string of the molecule is CC(C)(C)c1ccc(CCC(OC(=O)CCC(=O)OC(CCc2ccc(C(C)(C)C)c(NC(=O)CC3c4ccccc4Oc4ccccc43)c2)C2CCCCC2)C2CCCCC2)cc1NC(=O)CC1c2ccccc2Oc2ccccc21. The largest absolute Gasteiger partial charge is 0.462 e. The van der Waals surface area contributed by atoms with Crippen LogP contribution in [0, 0.1) is 11.8 Å². The molecule has 2 atom stereocenters. The Kier molecular flexibility index (Phi) is 18.3. The highest BCUT2D eigenvalue weighted by atomic mass is 16.6. The maximum absolute atomic E-state index is 14.1. The normalized spacial score (nSPS) is 16.4. The van der Waals surface area contributed by atoms with Gasteiger partial charge in [-0.15, -0.1) is 0 Å². The van der Waals surface area contributed by atoms with Gasteiger partial charge in [0.15, 0.2) is 0 Å². The highest BCUT2D eigenvalue weighted by Gasteiger charge is 2.34. The summed E-state index contributed by atoms with van der Waals surface area (Å²) in [4.78, 5) is 56.0. The Hall–Kier alpha value is -7.20. The third kappa shape index (κ3) is 14.3. The molecule has 0 spiro atoms. The molecule has 6 aromatic carbocycles. The molecule has 2 amide bonds. The Balaban J connectivity index is 0.769. The Morgan fingerprint density at radius 1 is 0.463 bits per heavy atom. The number of benzene rings is 6. The predicted molar refractivity (Wildman–Crippen MR) is 325 cm³/mol. The van der Waals surface area contributed by atoms with Gasteiger partial charge in [0.25, 0.3) is 0 Å². The smallest absolute Gasteiger partial charge is 0.306 e. The zero-order valence-corrected chi connectivity index (χ0v) is 49.2. The maximum Gasteiger partial charge on any atom is 0.306 e. The maximum atomic E-state index is 14.1. The number of amides is 2.